The van der Waals surface area contributed by atoms with Crippen LogP contribution in [0, 0.1) is 40.4 Å². The van der Waals surface area contributed by atoms with Crippen molar-refractivity contribution in [3.05, 3.63) is 0 Å². The van der Waals surface area contributed by atoms with Crippen LogP contribution in [-0.2, 0) is 0 Å². The highest BCUT2D eigenvalue weighted by molar-refractivity contribution is 5.09. The molecule has 0 aromatic carbocycles. The van der Waals surface area contributed by atoms with Crippen molar-refractivity contribution in [3.8, 4) is 0 Å². The third-order valence-corrected chi connectivity index (χ3v) is 9.80. The maximum absolute atomic E-state index is 10.2. The first-order valence-electron chi connectivity index (χ1n) is 11.3. The summed E-state index contributed by atoms with van der Waals surface area (Å²) < 4.78 is 0. The lowest BCUT2D eigenvalue weighted by Gasteiger charge is -2.61. The molecule has 0 heterocycles. The summed E-state index contributed by atoms with van der Waals surface area (Å²) in [5.41, 5.74) is 1.09. The lowest BCUT2D eigenvalue weighted by molar-refractivity contribution is -0.127. The van der Waals surface area contributed by atoms with Crippen molar-refractivity contribution in [1.82, 2.24) is 0 Å². The Hall–Kier alpha value is -0.0800. The second kappa shape index (κ2) is 6.82. The monoisotopic (exact) mass is 348 g/mol. The van der Waals surface area contributed by atoms with Gasteiger partial charge in [-0.25, -0.2) is 0 Å². The van der Waals surface area contributed by atoms with Gasteiger partial charge in [0, 0.05) is 6.61 Å². The van der Waals surface area contributed by atoms with Crippen LogP contribution in [-0.4, -0.2) is 22.9 Å². The van der Waals surface area contributed by atoms with Crippen molar-refractivity contribution in [3.63, 3.8) is 0 Å². The number of fused-ring (bicyclic) bond motifs is 5. The average Bonchev–Trinajstić information content (AvgIpc) is 2.92. The van der Waals surface area contributed by atoms with Crippen LogP contribution in [0.2, 0.25) is 0 Å². The molecule has 2 heteroatoms. The van der Waals surface area contributed by atoms with E-state index >= 15 is 0 Å². The van der Waals surface area contributed by atoms with Gasteiger partial charge in [0.1, 0.15) is 0 Å². The Balaban J connectivity index is 1.50. The maximum Gasteiger partial charge on any atom is 0.0543 e. The Kier molecular flexibility index (Phi) is 4.99. The summed E-state index contributed by atoms with van der Waals surface area (Å²) in [6.07, 6.45) is 15.5. The zero-order valence-corrected chi connectivity index (χ0v) is 16.6. The van der Waals surface area contributed by atoms with Gasteiger partial charge < -0.3 is 10.2 Å². The van der Waals surface area contributed by atoms with Gasteiger partial charge in [0.2, 0.25) is 0 Å². The van der Waals surface area contributed by atoms with Crippen LogP contribution in [0.5, 0.6) is 0 Å². The largest absolute Gasteiger partial charge is 0.396 e. The molecule has 4 saturated carbocycles. The van der Waals surface area contributed by atoms with Crippen molar-refractivity contribution in [2.24, 2.45) is 40.4 Å². The van der Waals surface area contributed by atoms with Crippen LogP contribution < -0.4 is 0 Å². The third kappa shape index (κ3) is 2.90. The zero-order valence-electron chi connectivity index (χ0n) is 16.6. The fraction of sp³-hybridized carbons (Fsp3) is 1.00. The van der Waals surface area contributed by atoms with Gasteiger partial charge in [-0.2, -0.15) is 0 Å². The van der Waals surface area contributed by atoms with E-state index in [-0.39, 0.29) is 6.10 Å². The fourth-order valence-corrected chi connectivity index (χ4v) is 8.32. The summed E-state index contributed by atoms with van der Waals surface area (Å²) >= 11 is 0. The molecule has 0 aliphatic heterocycles. The van der Waals surface area contributed by atoms with Crippen LogP contribution >= 0.6 is 0 Å². The fourth-order valence-electron chi connectivity index (χ4n) is 8.32. The smallest absolute Gasteiger partial charge is 0.0543 e. The number of aliphatic hydroxyl groups excluding tert-OH is 2. The Bertz CT molecular complexity index is 477. The van der Waals surface area contributed by atoms with Gasteiger partial charge in [-0.3, -0.25) is 0 Å². The molecule has 2 N–H and O–H groups in total. The van der Waals surface area contributed by atoms with E-state index in [0.717, 1.165) is 48.9 Å². The Labute approximate surface area is 154 Å². The molecule has 8 atom stereocenters. The van der Waals surface area contributed by atoms with Crippen LogP contribution in [0.1, 0.15) is 90.9 Å². The first kappa shape index (κ1) is 18.3. The van der Waals surface area contributed by atoms with Crippen LogP contribution in [0.4, 0.5) is 0 Å². The van der Waals surface area contributed by atoms with E-state index in [1.807, 2.05) is 0 Å². The number of aliphatic hydroxyl groups is 2. The van der Waals surface area contributed by atoms with E-state index in [4.69, 9.17) is 5.11 Å². The number of rotatable bonds is 4. The summed E-state index contributed by atoms with van der Waals surface area (Å²) in [6.45, 7) is 5.59. The van der Waals surface area contributed by atoms with E-state index in [1.54, 1.807) is 0 Å². The SMILES string of the molecule is CC12CCC3C(CCC4CC(O)CCC43C)C1CCC2CCCCO. The minimum atomic E-state index is -0.0223. The average molecular weight is 349 g/mol. The standard InChI is InChI=1S/C23H40O2/c1-22-13-11-21-19(20(22)9-7-16(22)5-3-4-14-24)8-6-17-15-18(25)10-12-23(17,21)2/h16-21,24-25H,3-15H2,1-2H3. The molecule has 4 rings (SSSR count). The summed E-state index contributed by atoms with van der Waals surface area (Å²) in [7, 11) is 0. The van der Waals surface area contributed by atoms with Gasteiger partial charge in [-0.15, -0.1) is 0 Å². The van der Waals surface area contributed by atoms with Crippen molar-refractivity contribution in [2.45, 2.75) is 97.0 Å². The van der Waals surface area contributed by atoms with Crippen molar-refractivity contribution >= 4 is 0 Å². The molecule has 0 amide bonds. The minimum Gasteiger partial charge on any atom is -0.396 e. The minimum absolute atomic E-state index is 0.0223. The van der Waals surface area contributed by atoms with E-state index in [9.17, 15) is 5.11 Å². The first-order chi connectivity index (χ1) is 12.0. The second-order valence-corrected chi connectivity index (χ2v) is 10.6. The molecule has 4 aliphatic rings. The molecule has 0 radical (unpaired) electrons. The molecule has 0 aromatic heterocycles. The number of hydrogen-bond acceptors (Lipinski definition) is 2. The number of unbranched alkanes of at least 4 members (excludes halogenated alkanes) is 1. The van der Waals surface area contributed by atoms with Gasteiger partial charge in [-0.1, -0.05) is 20.3 Å². The third-order valence-electron chi connectivity index (χ3n) is 9.80. The quantitative estimate of drug-likeness (QED) is 0.688. The summed E-state index contributed by atoms with van der Waals surface area (Å²) in [4.78, 5) is 0. The van der Waals surface area contributed by atoms with E-state index in [2.05, 4.69) is 13.8 Å². The van der Waals surface area contributed by atoms with Gasteiger partial charge >= 0.3 is 0 Å². The van der Waals surface area contributed by atoms with Gasteiger partial charge in [0.25, 0.3) is 0 Å². The van der Waals surface area contributed by atoms with Crippen molar-refractivity contribution < 1.29 is 10.2 Å². The molecule has 25 heavy (non-hydrogen) atoms. The van der Waals surface area contributed by atoms with Crippen molar-refractivity contribution in [2.75, 3.05) is 6.61 Å². The zero-order chi connectivity index (χ0) is 17.7. The van der Waals surface area contributed by atoms with Gasteiger partial charge in [0.15, 0.2) is 0 Å². The Morgan fingerprint density at radius 1 is 0.840 bits per heavy atom. The summed E-state index contributed by atoms with van der Waals surface area (Å²) in [5.74, 6) is 4.52. The molecule has 8 unspecified atom stereocenters. The molecular weight excluding hydrogens is 308 g/mol. The lowest BCUT2D eigenvalue weighted by Crippen LogP contribution is -2.53. The topological polar surface area (TPSA) is 40.5 Å². The summed E-state index contributed by atoms with van der Waals surface area (Å²) in [5, 5.41) is 19.3. The molecule has 2 nitrogen and oxygen atoms in total. The summed E-state index contributed by atoms with van der Waals surface area (Å²) in [6, 6.07) is 0. The van der Waals surface area contributed by atoms with Crippen LogP contribution in [0.25, 0.3) is 0 Å². The van der Waals surface area contributed by atoms with Crippen LogP contribution in [0.3, 0.4) is 0 Å². The predicted molar refractivity (Wildman–Crippen MR) is 102 cm³/mol. The predicted octanol–water partition coefficient (Wildman–Crippen LogP) is 5.17. The van der Waals surface area contributed by atoms with Crippen molar-refractivity contribution in [1.29, 1.82) is 0 Å². The molecule has 0 spiro atoms. The highest BCUT2D eigenvalue weighted by Crippen LogP contribution is 2.67. The molecule has 0 saturated heterocycles. The molecule has 4 aliphatic carbocycles. The van der Waals surface area contributed by atoms with Gasteiger partial charge in [0.05, 0.1) is 6.10 Å². The first-order valence-corrected chi connectivity index (χ1v) is 11.3. The Morgan fingerprint density at radius 2 is 1.60 bits per heavy atom. The van der Waals surface area contributed by atoms with Crippen LogP contribution in [0.15, 0.2) is 0 Å². The highest BCUT2D eigenvalue weighted by atomic mass is 16.3. The molecule has 0 aromatic rings. The second-order valence-electron chi connectivity index (χ2n) is 10.6. The van der Waals surface area contributed by atoms with E-state index < -0.39 is 0 Å². The molecule has 4 fully saturated rings. The maximum atomic E-state index is 10.2. The van der Waals surface area contributed by atoms with Gasteiger partial charge in [-0.05, 0) is 111 Å². The Morgan fingerprint density at radius 3 is 2.40 bits per heavy atom. The molecular formula is C23H40O2. The highest BCUT2D eigenvalue weighted by Gasteiger charge is 2.59. The van der Waals surface area contributed by atoms with E-state index in [0.29, 0.717) is 17.4 Å². The molecule has 0 bridgehead atoms. The normalized spacial score (nSPS) is 52.3. The van der Waals surface area contributed by atoms with E-state index in [1.165, 1.54) is 57.8 Å². The lowest BCUT2D eigenvalue weighted by atomic mass is 9.44. The number of hydrogen-bond donors (Lipinski definition) is 2. The molecule has 144 valence electrons.